The van der Waals surface area contributed by atoms with Crippen LogP contribution in [0.1, 0.15) is 49.7 Å². The summed E-state index contributed by atoms with van der Waals surface area (Å²) >= 11 is 0. The second-order valence-electron chi connectivity index (χ2n) is 4.39. The minimum Gasteiger partial charge on any atom is -0.377 e. The number of nitrogens with zero attached hydrogens (tertiary/aromatic N) is 2. The Labute approximate surface area is 95.3 Å². The first kappa shape index (κ1) is 11.5. The van der Waals surface area contributed by atoms with E-state index in [0.29, 0.717) is 18.3 Å². The molecule has 0 radical (unpaired) electrons. The van der Waals surface area contributed by atoms with E-state index in [4.69, 9.17) is 15.0 Å². The first-order chi connectivity index (χ1) is 7.81. The third-order valence-electron chi connectivity index (χ3n) is 3.14. The van der Waals surface area contributed by atoms with Gasteiger partial charge in [-0.1, -0.05) is 24.4 Å². The molecule has 0 aromatic carbocycles. The van der Waals surface area contributed by atoms with Crippen molar-refractivity contribution in [1.29, 1.82) is 0 Å². The van der Waals surface area contributed by atoms with E-state index in [2.05, 4.69) is 10.1 Å². The molecule has 0 bridgehead atoms. The van der Waals surface area contributed by atoms with E-state index in [9.17, 15) is 0 Å². The molecular weight excluding hydrogens is 206 g/mol. The van der Waals surface area contributed by atoms with Crippen molar-refractivity contribution in [3.63, 3.8) is 0 Å². The molecule has 1 aliphatic rings. The molecule has 16 heavy (non-hydrogen) atoms. The van der Waals surface area contributed by atoms with Crippen molar-refractivity contribution in [2.75, 3.05) is 7.11 Å². The number of ether oxygens (including phenoxy) is 1. The van der Waals surface area contributed by atoms with Crippen molar-refractivity contribution in [3.8, 4) is 0 Å². The second kappa shape index (κ2) is 5.41. The molecule has 1 aromatic rings. The summed E-state index contributed by atoms with van der Waals surface area (Å²) in [5.74, 6) is 1.51. The van der Waals surface area contributed by atoms with Crippen LogP contribution in [0.3, 0.4) is 0 Å². The predicted molar refractivity (Wildman–Crippen MR) is 58.8 cm³/mol. The number of aromatic nitrogens is 2. The van der Waals surface area contributed by atoms with Gasteiger partial charge in [0.1, 0.15) is 6.61 Å². The van der Waals surface area contributed by atoms with Crippen LogP contribution < -0.4 is 5.73 Å². The van der Waals surface area contributed by atoms with Crippen LogP contribution in [0.15, 0.2) is 4.52 Å². The summed E-state index contributed by atoms with van der Waals surface area (Å²) in [5.41, 5.74) is 6.14. The summed E-state index contributed by atoms with van der Waals surface area (Å²) in [6.07, 6.45) is 5.75. The van der Waals surface area contributed by atoms with Gasteiger partial charge in [0.25, 0.3) is 0 Å². The van der Waals surface area contributed by atoms with Crippen molar-refractivity contribution in [2.24, 2.45) is 5.73 Å². The van der Waals surface area contributed by atoms with Gasteiger partial charge < -0.3 is 15.0 Å². The normalized spacial score (nSPS) is 26.6. The van der Waals surface area contributed by atoms with Crippen LogP contribution in [0.4, 0.5) is 0 Å². The highest BCUT2D eigenvalue weighted by atomic mass is 16.5. The van der Waals surface area contributed by atoms with Crippen LogP contribution in [0.25, 0.3) is 0 Å². The van der Waals surface area contributed by atoms with E-state index in [-0.39, 0.29) is 12.0 Å². The Morgan fingerprint density at radius 3 is 3.00 bits per heavy atom. The van der Waals surface area contributed by atoms with Gasteiger partial charge in [-0.05, 0) is 12.8 Å². The molecule has 1 aromatic heterocycles. The van der Waals surface area contributed by atoms with Crippen molar-refractivity contribution in [2.45, 2.75) is 50.7 Å². The molecule has 0 amide bonds. The Hall–Kier alpha value is -0.940. The fourth-order valence-electron chi connectivity index (χ4n) is 2.25. The highest BCUT2D eigenvalue weighted by Crippen LogP contribution is 2.29. The van der Waals surface area contributed by atoms with Gasteiger partial charge in [-0.2, -0.15) is 4.98 Å². The van der Waals surface area contributed by atoms with Gasteiger partial charge >= 0.3 is 0 Å². The third kappa shape index (κ3) is 2.59. The number of methoxy groups -OCH3 is 1. The monoisotopic (exact) mass is 225 g/mol. The molecule has 2 N–H and O–H groups in total. The van der Waals surface area contributed by atoms with Crippen LogP contribution in [0.2, 0.25) is 0 Å². The number of rotatable bonds is 3. The molecule has 0 aliphatic heterocycles. The lowest BCUT2D eigenvalue weighted by molar-refractivity contribution is 0.174. The van der Waals surface area contributed by atoms with Gasteiger partial charge in [-0.25, -0.2) is 0 Å². The Kier molecular flexibility index (Phi) is 3.90. The van der Waals surface area contributed by atoms with Crippen molar-refractivity contribution >= 4 is 0 Å². The zero-order valence-electron chi connectivity index (χ0n) is 9.69. The highest BCUT2D eigenvalue weighted by molar-refractivity contribution is 4.99. The van der Waals surface area contributed by atoms with Crippen molar-refractivity contribution in [1.82, 2.24) is 10.1 Å². The van der Waals surface area contributed by atoms with Gasteiger partial charge in [0.05, 0.1) is 5.92 Å². The Bertz CT molecular complexity index is 327. The quantitative estimate of drug-likeness (QED) is 0.791. The smallest absolute Gasteiger partial charge is 0.231 e. The summed E-state index contributed by atoms with van der Waals surface area (Å²) in [6, 6.07) is 0.151. The standard InChI is InChI=1S/C11H19N3O2/c1-15-7-10-13-11(16-14-10)8-5-3-2-4-6-9(8)12/h8-9H,2-7,12H2,1H3. The maximum atomic E-state index is 6.14. The molecule has 2 rings (SSSR count). The Morgan fingerprint density at radius 2 is 2.19 bits per heavy atom. The van der Waals surface area contributed by atoms with E-state index < -0.39 is 0 Å². The SMILES string of the molecule is COCc1noc(C2CCCCCC2N)n1. The minimum absolute atomic E-state index is 0.151. The Morgan fingerprint density at radius 1 is 1.38 bits per heavy atom. The lowest BCUT2D eigenvalue weighted by Crippen LogP contribution is -2.27. The van der Waals surface area contributed by atoms with E-state index >= 15 is 0 Å². The molecule has 1 heterocycles. The first-order valence-electron chi connectivity index (χ1n) is 5.88. The fraction of sp³-hybridized carbons (Fsp3) is 0.818. The van der Waals surface area contributed by atoms with Crippen LogP contribution in [0, 0.1) is 0 Å². The molecule has 0 spiro atoms. The van der Waals surface area contributed by atoms with E-state index in [1.165, 1.54) is 19.3 Å². The average molecular weight is 225 g/mol. The number of hydrogen-bond acceptors (Lipinski definition) is 5. The zero-order valence-corrected chi connectivity index (χ0v) is 9.69. The lowest BCUT2D eigenvalue weighted by Gasteiger charge is -2.16. The average Bonchev–Trinajstić information content (AvgIpc) is 2.61. The van der Waals surface area contributed by atoms with E-state index in [0.717, 1.165) is 12.8 Å². The third-order valence-corrected chi connectivity index (χ3v) is 3.14. The van der Waals surface area contributed by atoms with Crippen LogP contribution >= 0.6 is 0 Å². The molecule has 5 nitrogen and oxygen atoms in total. The molecule has 0 saturated heterocycles. The van der Waals surface area contributed by atoms with Gasteiger partial charge in [0.2, 0.25) is 5.89 Å². The molecule has 1 fully saturated rings. The van der Waals surface area contributed by atoms with Crippen LogP contribution in [-0.2, 0) is 11.3 Å². The molecule has 2 unspecified atom stereocenters. The van der Waals surface area contributed by atoms with Crippen LogP contribution in [-0.4, -0.2) is 23.3 Å². The molecule has 5 heteroatoms. The highest BCUT2D eigenvalue weighted by Gasteiger charge is 2.26. The summed E-state index contributed by atoms with van der Waals surface area (Å²) < 4.78 is 10.2. The zero-order chi connectivity index (χ0) is 11.4. The van der Waals surface area contributed by atoms with E-state index in [1.54, 1.807) is 7.11 Å². The van der Waals surface area contributed by atoms with Crippen LogP contribution in [0.5, 0.6) is 0 Å². The summed E-state index contributed by atoms with van der Waals surface area (Å²) in [5, 5.41) is 3.88. The maximum Gasteiger partial charge on any atom is 0.231 e. The summed E-state index contributed by atoms with van der Waals surface area (Å²) in [7, 11) is 1.62. The van der Waals surface area contributed by atoms with Gasteiger partial charge in [-0.3, -0.25) is 0 Å². The summed E-state index contributed by atoms with van der Waals surface area (Å²) in [4.78, 5) is 4.33. The molecule has 1 aliphatic carbocycles. The number of nitrogens with two attached hydrogens (primary N) is 1. The first-order valence-corrected chi connectivity index (χ1v) is 5.88. The molecule has 2 atom stereocenters. The topological polar surface area (TPSA) is 74.2 Å². The number of hydrogen-bond donors (Lipinski definition) is 1. The fourth-order valence-corrected chi connectivity index (χ4v) is 2.25. The Balaban J connectivity index is 2.08. The predicted octanol–water partition coefficient (Wildman–Crippen LogP) is 1.59. The van der Waals surface area contributed by atoms with Crippen molar-refractivity contribution < 1.29 is 9.26 Å². The maximum absolute atomic E-state index is 6.14. The largest absolute Gasteiger partial charge is 0.377 e. The lowest BCUT2D eigenvalue weighted by atomic mass is 9.95. The van der Waals surface area contributed by atoms with Gasteiger partial charge in [0.15, 0.2) is 5.82 Å². The molecule has 1 saturated carbocycles. The second-order valence-corrected chi connectivity index (χ2v) is 4.39. The van der Waals surface area contributed by atoms with Gasteiger partial charge in [-0.15, -0.1) is 0 Å². The minimum atomic E-state index is 0.151. The van der Waals surface area contributed by atoms with E-state index in [1.807, 2.05) is 0 Å². The van der Waals surface area contributed by atoms with Crippen molar-refractivity contribution in [3.05, 3.63) is 11.7 Å². The van der Waals surface area contributed by atoms with Gasteiger partial charge in [0, 0.05) is 13.2 Å². The summed E-state index contributed by atoms with van der Waals surface area (Å²) in [6.45, 7) is 0.394. The molecular formula is C11H19N3O2. The molecule has 90 valence electrons.